The Morgan fingerprint density at radius 2 is 1.77 bits per heavy atom. The highest BCUT2D eigenvalue weighted by atomic mass is 32.1. The van der Waals surface area contributed by atoms with Crippen LogP contribution < -0.4 is 5.43 Å². The Morgan fingerprint density at radius 1 is 1.00 bits per heavy atom. The van der Waals surface area contributed by atoms with Crippen molar-refractivity contribution in [3.63, 3.8) is 0 Å². The summed E-state index contributed by atoms with van der Waals surface area (Å²) in [6.07, 6.45) is 1.63. The minimum atomic E-state index is 0.274. The van der Waals surface area contributed by atoms with Gasteiger partial charge in [0.2, 0.25) is 5.13 Å². The average molecular weight is 325 g/mol. The van der Waals surface area contributed by atoms with Crippen LogP contribution >= 0.6 is 22.7 Å². The Bertz CT molecular complexity index is 954. The van der Waals surface area contributed by atoms with Crippen LogP contribution in [0, 0.1) is 0 Å². The van der Waals surface area contributed by atoms with Crippen LogP contribution in [0.25, 0.3) is 20.3 Å². The van der Waals surface area contributed by atoms with E-state index in [1.165, 1.54) is 11.3 Å². The van der Waals surface area contributed by atoms with Crippen LogP contribution in [-0.2, 0) is 0 Å². The minimum absolute atomic E-state index is 0.274. The molecule has 6 heteroatoms. The van der Waals surface area contributed by atoms with Gasteiger partial charge in [0.1, 0.15) is 5.75 Å². The van der Waals surface area contributed by atoms with Gasteiger partial charge in [-0.1, -0.05) is 35.6 Å². The molecule has 4 nitrogen and oxygen atoms in total. The van der Waals surface area contributed by atoms with Crippen LogP contribution in [0.2, 0.25) is 0 Å². The van der Waals surface area contributed by atoms with Crippen molar-refractivity contribution in [3.8, 4) is 5.75 Å². The van der Waals surface area contributed by atoms with Crippen molar-refractivity contribution >= 4 is 54.3 Å². The second-order valence-electron chi connectivity index (χ2n) is 4.67. The van der Waals surface area contributed by atoms with Crippen LogP contribution in [0.15, 0.2) is 53.6 Å². The van der Waals surface area contributed by atoms with Crippen molar-refractivity contribution in [2.45, 2.75) is 0 Å². The number of nitrogens with zero attached hydrogens (tertiary/aromatic N) is 2. The number of thiophene rings is 1. The fourth-order valence-corrected chi connectivity index (χ4v) is 3.99. The first kappa shape index (κ1) is 13.2. The predicted molar refractivity (Wildman–Crippen MR) is 94.3 cm³/mol. The zero-order valence-electron chi connectivity index (χ0n) is 11.4. The molecule has 0 aliphatic carbocycles. The van der Waals surface area contributed by atoms with Gasteiger partial charge in [0.15, 0.2) is 0 Å². The second kappa shape index (κ2) is 5.40. The van der Waals surface area contributed by atoms with Gasteiger partial charge in [-0.2, -0.15) is 5.10 Å². The van der Waals surface area contributed by atoms with Gasteiger partial charge in [-0.25, -0.2) is 4.98 Å². The van der Waals surface area contributed by atoms with E-state index in [4.69, 9.17) is 0 Å². The molecule has 0 amide bonds. The molecule has 108 valence electrons. The number of nitrogens with one attached hydrogen (secondary N) is 1. The Kier molecular flexibility index (Phi) is 3.25. The first-order chi connectivity index (χ1) is 10.8. The van der Waals surface area contributed by atoms with Gasteiger partial charge in [0, 0.05) is 10.1 Å². The molecule has 22 heavy (non-hydrogen) atoms. The van der Waals surface area contributed by atoms with Gasteiger partial charge in [0.05, 0.1) is 21.3 Å². The molecule has 0 radical (unpaired) electrons. The van der Waals surface area contributed by atoms with Crippen LogP contribution in [0.4, 0.5) is 5.13 Å². The number of anilines is 1. The summed E-state index contributed by atoms with van der Waals surface area (Å²) in [5.41, 5.74) is 3.88. The molecule has 2 aromatic heterocycles. The largest absolute Gasteiger partial charge is 0.506 e. The van der Waals surface area contributed by atoms with Crippen molar-refractivity contribution in [2.75, 3.05) is 5.43 Å². The van der Waals surface area contributed by atoms with Crippen LogP contribution in [0.5, 0.6) is 5.75 Å². The molecule has 0 fully saturated rings. The SMILES string of the molecule is Oc1c(/C=N\Nc2nc3ccccc3s2)sc2ccccc12. The van der Waals surface area contributed by atoms with Gasteiger partial charge < -0.3 is 5.11 Å². The van der Waals surface area contributed by atoms with Crippen molar-refractivity contribution in [3.05, 3.63) is 53.4 Å². The third-order valence-electron chi connectivity index (χ3n) is 3.23. The number of rotatable bonds is 3. The third-order valence-corrected chi connectivity index (χ3v) is 5.27. The van der Waals surface area contributed by atoms with Crippen molar-refractivity contribution in [2.24, 2.45) is 5.10 Å². The first-order valence-corrected chi connectivity index (χ1v) is 8.30. The van der Waals surface area contributed by atoms with Gasteiger partial charge in [-0.05, 0) is 24.3 Å². The van der Waals surface area contributed by atoms with E-state index in [1.807, 2.05) is 48.5 Å². The van der Waals surface area contributed by atoms with Gasteiger partial charge >= 0.3 is 0 Å². The predicted octanol–water partition coefficient (Wildman–Crippen LogP) is 4.66. The Labute approximate surface area is 134 Å². The van der Waals surface area contributed by atoms with Gasteiger partial charge in [-0.15, -0.1) is 11.3 Å². The Hall–Kier alpha value is -2.44. The van der Waals surface area contributed by atoms with Crippen molar-refractivity contribution < 1.29 is 5.11 Å². The summed E-state index contributed by atoms with van der Waals surface area (Å²) in [7, 11) is 0. The monoisotopic (exact) mass is 325 g/mol. The summed E-state index contributed by atoms with van der Waals surface area (Å²) >= 11 is 3.05. The van der Waals surface area contributed by atoms with E-state index in [-0.39, 0.29) is 5.75 Å². The van der Waals surface area contributed by atoms with E-state index in [1.54, 1.807) is 17.6 Å². The fraction of sp³-hybridized carbons (Fsp3) is 0. The van der Waals surface area contributed by atoms with Crippen LogP contribution in [0.1, 0.15) is 4.88 Å². The molecule has 2 N–H and O–H groups in total. The molecular formula is C16H11N3OS2. The zero-order valence-corrected chi connectivity index (χ0v) is 13.0. The summed E-state index contributed by atoms with van der Waals surface area (Å²) < 4.78 is 2.16. The molecule has 2 aromatic carbocycles. The maximum atomic E-state index is 10.2. The molecule has 0 aliphatic rings. The molecule has 2 heterocycles. The standard InChI is InChI=1S/C16H11N3OS2/c20-15-10-5-1-3-7-12(10)21-14(15)9-17-19-16-18-11-6-2-4-8-13(11)22-16/h1-9,20H,(H,18,19)/b17-9-. The minimum Gasteiger partial charge on any atom is -0.506 e. The Balaban J connectivity index is 1.59. The normalized spacial score (nSPS) is 11.6. The lowest BCUT2D eigenvalue weighted by atomic mass is 10.2. The number of aromatic hydroxyl groups is 1. The highest BCUT2D eigenvalue weighted by Gasteiger charge is 2.08. The molecule has 0 bridgehead atoms. The molecule has 0 saturated carbocycles. The van der Waals surface area contributed by atoms with Gasteiger partial charge in [0.25, 0.3) is 0 Å². The molecule has 4 rings (SSSR count). The summed E-state index contributed by atoms with van der Waals surface area (Å²) in [6, 6.07) is 15.7. The molecule has 0 aliphatic heterocycles. The van der Waals surface area contributed by atoms with E-state index in [0.29, 0.717) is 0 Å². The lowest BCUT2D eigenvalue weighted by molar-refractivity contribution is 0.483. The van der Waals surface area contributed by atoms with Crippen LogP contribution in [-0.4, -0.2) is 16.3 Å². The maximum Gasteiger partial charge on any atom is 0.204 e. The Morgan fingerprint density at radius 3 is 2.59 bits per heavy atom. The number of hydrazone groups is 1. The topological polar surface area (TPSA) is 57.5 Å². The summed E-state index contributed by atoms with van der Waals surface area (Å²) in [4.78, 5) is 5.17. The summed E-state index contributed by atoms with van der Waals surface area (Å²) in [6.45, 7) is 0. The number of hydrogen-bond acceptors (Lipinski definition) is 6. The number of thiazole rings is 1. The van der Waals surface area contributed by atoms with E-state index < -0.39 is 0 Å². The van der Waals surface area contributed by atoms with E-state index in [9.17, 15) is 5.11 Å². The van der Waals surface area contributed by atoms with Crippen molar-refractivity contribution in [1.82, 2.24) is 4.98 Å². The fourth-order valence-electron chi connectivity index (χ4n) is 2.20. The molecule has 0 saturated heterocycles. The van der Waals surface area contributed by atoms with E-state index in [0.717, 1.165) is 30.3 Å². The smallest absolute Gasteiger partial charge is 0.204 e. The van der Waals surface area contributed by atoms with Crippen LogP contribution in [0.3, 0.4) is 0 Å². The highest BCUT2D eigenvalue weighted by molar-refractivity contribution is 7.22. The summed E-state index contributed by atoms with van der Waals surface area (Å²) in [5.74, 6) is 0.274. The number of benzene rings is 2. The van der Waals surface area contributed by atoms with Crippen molar-refractivity contribution in [1.29, 1.82) is 0 Å². The zero-order chi connectivity index (χ0) is 14.9. The lowest BCUT2D eigenvalue weighted by Crippen LogP contribution is -1.88. The molecule has 0 spiro atoms. The number of fused-ring (bicyclic) bond motifs is 2. The molecule has 0 atom stereocenters. The third kappa shape index (κ3) is 2.32. The highest BCUT2D eigenvalue weighted by Crippen LogP contribution is 2.35. The lowest BCUT2D eigenvalue weighted by Gasteiger charge is -1.92. The number of hydrogen-bond donors (Lipinski definition) is 2. The second-order valence-corrected chi connectivity index (χ2v) is 6.78. The molecular weight excluding hydrogens is 314 g/mol. The average Bonchev–Trinajstić information content (AvgIpc) is 3.09. The first-order valence-electron chi connectivity index (χ1n) is 6.66. The summed E-state index contributed by atoms with van der Waals surface area (Å²) in [5, 5.41) is 16.0. The molecule has 4 aromatic rings. The van der Waals surface area contributed by atoms with E-state index in [2.05, 4.69) is 15.5 Å². The molecule has 0 unspecified atom stereocenters. The van der Waals surface area contributed by atoms with E-state index >= 15 is 0 Å². The number of aromatic nitrogens is 1. The maximum absolute atomic E-state index is 10.2. The van der Waals surface area contributed by atoms with Gasteiger partial charge in [-0.3, -0.25) is 5.43 Å². The quantitative estimate of drug-likeness (QED) is 0.425. The number of para-hydroxylation sites is 1.